The molecular formula is C15H15ClN2O2. The lowest BCUT2D eigenvalue weighted by Crippen LogP contribution is -2.26. The van der Waals surface area contributed by atoms with E-state index in [2.05, 4.69) is 4.98 Å². The summed E-state index contributed by atoms with van der Waals surface area (Å²) in [4.78, 5) is 17.9. The molecule has 20 heavy (non-hydrogen) atoms. The number of rotatable bonds is 3. The van der Waals surface area contributed by atoms with Gasteiger partial charge in [0.25, 0.3) is 5.91 Å². The van der Waals surface area contributed by atoms with Crippen LogP contribution in [0.15, 0.2) is 36.4 Å². The summed E-state index contributed by atoms with van der Waals surface area (Å²) in [6.07, 6.45) is 0. The second kappa shape index (κ2) is 5.92. The normalized spacial score (nSPS) is 10.3. The number of aromatic nitrogens is 1. The number of carbonyl (C=O) groups excluding carboxylic acids is 1. The zero-order valence-corrected chi connectivity index (χ0v) is 12.1. The highest BCUT2D eigenvalue weighted by atomic mass is 35.5. The lowest BCUT2D eigenvalue weighted by Gasteiger charge is -2.17. The number of halogens is 1. The lowest BCUT2D eigenvalue weighted by molar-refractivity contribution is 0.0784. The Morgan fingerprint density at radius 1 is 1.35 bits per heavy atom. The number of hydrogen-bond donors (Lipinski definition) is 1. The summed E-state index contributed by atoms with van der Waals surface area (Å²) in [6.45, 7) is 2.20. The van der Waals surface area contributed by atoms with Gasteiger partial charge in [-0.2, -0.15) is 0 Å². The summed E-state index contributed by atoms with van der Waals surface area (Å²) in [5.74, 6) is 0.0480. The summed E-state index contributed by atoms with van der Waals surface area (Å²) in [6, 6.07) is 10.1. The fourth-order valence-corrected chi connectivity index (χ4v) is 2.22. The molecule has 1 aromatic carbocycles. The van der Waals surface area contributed by atoms with E-state index >= 15 is 0 Å². The van der Waals surface area contributed by atoms with Crippen molar-refractivity contribution in [2.24, 2.45) is 0 Å². The molecule has 2 rings (SSSR count). The van der Waals surface area contributed by atoms with Crippen LogP contribution < -0.4 is 0 Å². The van der Waals surface area contributed by atoms with Crippen molar-refractivity contribution in [2.75, 3.05) is 7.05 Å². The Balaban J connectivity index is 2.16. The first-order valence-corrected chi connectivity index (χ1v) is 6.51. The Bertz CT molecular complexity index is 623. The first-order valence-electron chi connectivity index (χ1n) is 6.13. The maximum Gasteiger partial charge on any atom is 0.254 e. The summed E-state index contributed by atoms with van der Waals surface area (Å²) < 4.78 is 0. The summed E-state index contributed by atoms with van der Waals surface area (Å²) in [5, 5.41) is 9.73. The van der Waals surface area contributed by atoms with E-state index in [1.165, 1.54) is 0 Å². The second-order valence-corrected chi connectivity index (χ2v) is 5.04. The third-order valence-electron chi connectivity index (χ3n) is 2.85. The molecule has 0 unspecified atom stereocenters. The quantitative estimate of drug-likeness (QED) is 0.884. The Kier molecular flexibility index (Phi) is 4.25. The largest absolute Gasteiger partial charge is 0.508 e. The van der Waals surface area contributed by atoms with Crippen molar-refractivity contribution in [2.45, 2.75) is 13.5 Å². The minimum absolute atomic E-state index is 0.138. The number of amides is 1. The molecule has 0 saturated carbocycles. The van der Waals surface area contributed by atoms with E-state index in [-0.39, 0.29) is 11.7 Å². The highest BCUT2D eigenvalue weighted by Crippen LogP contribution is 2.16. The van der Waals surface area contributed by atoms with Gasteiger partial charge in [0, 0.05) is 24.8 Å². The Morgan fingerprint density at radius 3 is 2.75 bits per heavy atom. The highest BCUT2D eigenvalue weighted by molar-refractivity contribution is 6.29. The molecule has 0 aliphatic rings. The lowest BCUT2D eigenvalue weighted by atomic mass is 10.1. The third kappa shape index (κ3) is 3.48. The molecular weight excluding hydrogens is 276 g/mol. The Morgan fingerprint density at radius 2 is 2.10 bits per heavy atom. The molecule has 1 N–H and O–H groups in total. The van der Waals surface area contributed by atoms with Crippen LogP contribution in [-0.4, -0.2) is 27.9 Å². The van der Waals surface area contributed by atoms with Crippen LogP contribution in [-0.2, 0) is 6.54 Å². The molecule has 2 aromatic rings. The van der Waals surface area contributed by atoms with Gasteiger partial charge in [-0.3, -0.25) is 4.79 Å². The number of carbonyl (C=O) groups is 1. The van der Waals surface area contributed by atoms with Crippen LogP contribution in [0.25, 0.3) is 0 Å². The molecule has 5 heteroatoms. The van der Waals surface area contributed by atoms with E-state index in [0.717, 1.165) is 5.56 Å². The van der Waals surface area contributed by atoms with Gasteiger partial charge in [-0.1, -0.05) is 23.7 Å². The van der Waals surface area contributed by atoms with Gasteiger partial charge in [0.2, 0.25) is 0 Å². The van der Waals surface area contributed by atoms with Gasteiger partial charge < -0.3 is 10.0 Å². The number of aryl methyl sites for hydroxylation is 1. The smallest absolute Gasteiger partial charge is 0.254 e. The zero-order chi connectivity index (χ0) is 14.7. The van der Waals surface area contributed by atoms with Crippen molar-refractivity contribution in [1.29, 1.82) is 0 Å². The summed E-state index contributed by atoms with van der Waals surface area (Å²) in [7, 11) is 1.70. The molecule has 0 aliphatic carbocycles. The van der Waals surface area contributed by atoms with E-state index in [4.69, 9.17) is 11.6 Å². The monoisotopic (exact) mass is 290 g/mol. The van der Waals surface area contributed by atoms with Crippen molar-refractivity contribution < 1.29 is 9.90 Å². The number of hydrogen-bond acceptors (Lipinski definition) is 3. The predicted octanol–water partition coefficient (Wildman–Crippen LogP) is 3.02. The topological polar surface area (TPSA) is 53.4 Å². The average Bonchev–Trinajstić information content (AvgIpc) is 2.36. The van der Waals surface area contributed by atoms with Crippen molar-refractivity contribution in [3.8, 4) is 5.75 Å². The minimum Gasteiger partial charge on any atom is -0.508 e. The van der Waals surface area contributed by atoms with Crippen LogP contribution in [0.3, 0.4) is 0 Å². The number of phenols is 1. The SMILES string of the molecule is Cc1cc(C(=O)N(C)Cc2cccc(O)c2)cc(Cl)n1. The minimum atomic E-state index is -0.138. The molecule has 4 nitrogen and oxygen atoms in total. The van der Waals surface area contributed by atoms with E-state index in [0.29, 0.717) is 23.0 Å². The number of pyridine rings is 1. The van der Waals surface area contributed by atoms with Crippen LogP contribution in [0, 0.1) is 6.92 Å². The molecule has 0 aliphatic heterocycles. The van der Waals surface area contributed by atoms with Gasteiger partial charge in [0.1, 0.15) is 10.9 Å². The van der Waals surface area contributed by atoms with Gasteiger partial charge in [-0.25, -0.2) is 4.98 Å². The second-order valence-electron chi connectivity index (χ2n) is 4.65. The van der Waals surface area contributed by atoms with Crippen LogP contribution in [0.4, 0.5) is 0 Å². The van der Waals surface area contributed by atoms with Gasteiger partial charge in [-0.05, 0) is 36.8 Å². The molecule has 0 spiro atoms. The Labute approximate surface area is 122 Å². The highest BCUT2D eigenvalue weighted by Gasteiger charge is 2.13. The molecule has 0 atom stereocenters. The van der Waals surface area contributed by atoms with Gasteiger partial charge >= 0.3 is 0 Å². The van der Waals surface area contributed by atoms with E-state index in [1.54, 1.807) is 49.2 Å². The molecule has 104 valence electrons. The fourth-order valence-electron chi connectivity index (χ4n) is 1.97. The molecule has 0 bridgehead atoms. The summed E-state index contributed by atoms with van der Waals surface area (Å²) in [5.41, 5.74) is 2.06. The first kappa shape index (κ1) is 14.3. The van der Waals surface area contributed by atoms with Gasteiger partial charge in [0.05, 0.1) is 0 Å². The van der Waals surface area contributed by atoms with E-state index in [1.807, 2.05) is 6.07 Å². The molecule has 1 amide bonds. The molecule has 1 aromatic heterocycles. The maximum atomic E-state index is 12.3. The van der Waals surface area contributed by atoms with Crippen molar-refractivity contribution in [3.05, 3.63) is 58.4 Å². The molecule has 0 saturated heterocycles. The standard InChI is InChI=1S/C15H15ClN2O2/c1-10-6-12(8-14(16)17-10)15(20)18(2)9-11-4-3-5-13(19)7-11/h3-8,19H,9H2,1-2H3. The van der Waals surface area contributed by atoms with Crippen molar-refractivity contribution >= 4 is 17.5 Å². The number of nitrogens with zero attached hydrogens (tertiary/aromatic N) is 2. The fraction of sp³-hybridized carbons (Fsp3) is 0.200. The van der Waals surface area contributed by atoms with Crippen LogP contribution in [0.5, 0.6) is 5.75 Å². The van der Waals surface area contributed by atoms with Crippen molar-refractivity contribution in [3.63, 3.8) is 0 Å². The number of aromatic hydroxyl groups is 1. The molecule has 0 fully saturated rings. The van der Waals surface area contributed by atoms with Crippen LogP contribution in [0.2, 0.25) is 5.15 Å². The molecule has 0 radical (unpaired) electrons. The van der Waals surface area contributed by atoms with Crippen LogP contribution in [0.1, 0.15) is 21.6 Å². The van der Waals surface area contributed by atoms with Crippen LogP contribution >= 0.6 is 11.6 Å². The summed E-state index contributed by atoms with van der Waals surface area (Å²) >= 11 is 5.86. The number of phenolic OH excluding ortho intramolecular Hbond substituents is 1. The van der Waals surface area contributed by atoms with Gasteiger partial charge in [0.15, 0.2) is 0 Å². The molecule has 1 heterocycles. The third-order valence-corrected chi connectivity index (χ3v) is 3.04. The predicted molar refractivity (Wildman–Crippen MR) is 77.9 cm³/mol. The van der Waals surface area contributed by atoms with E-state index < -0.39 is 0 Å². The van der Waals surface area contributed by atoms with E-state index in [9.17, 15) is 9.90 Å². The number of benzene rings is 1. The zero-order valence-electron chi connectivity index (χ0n) is 11.3. The van der Waals surface area contributed by atoms with Gasteiger partial charge in [-0.15, -0.1) is 0 Å². The maximum absolute atomic E-state index is 12.3. The Hall–Kier alpha value is -2.07. The average molecular weight is 291 g/mol. The van der Waals surface area contributed by atoms with Crippen molar-refractivity contribution in [1.82, 2.24) is 9.88 Å². The first-order chi connectivity index (χ1) is 9.45.